The summed E-state index contributed by atoms with van der Waals surface area (Å²) in [5.74, 6) is 0.578. The standard InChI is InChI=1S/C21H31N3O4/c1-6-22(7-2)15-8-9-18-17(12-15)19(25)24-11-10-23(13-16(24)14-27-18)20(26)28-21(3,4)5/h8-9,12,16H,6-7,10-11,13-14H2,1-5H3. The number of carbonyl (C=O) groups excluding carboxylic acids is 2. The highest BCUT2D eigenvalue weighted by molar-refractivity contribution is 5.98. The first-order chi connectivity index (χ1) is 13.2. The van der Waals surface area contributed by atoms with Gasteiger partial charge in [0.2, 0.25) is 0 Å². The fourth-order valence-electron chi connectivity index (χ4n) is 3.69. The van der Waals surface area contributed by atoms with Gasteiger partial charge in [0.25, 0.3) is 5.91 Å². The van der Waals surface area contributed by atoms with Gasteiger partial charge in [-0.3, -0.25) is 4.79 Å². The molecule has 0 radical (unpaired) electrons. The first kappa shape index (κ1) is 20.3. The van der Waals surface area contributed by atoms with E-state index >= 15 is 0 Å². The third-order valence-corrected chi connectivity index (χ3v) is 5.15. The van der Waals surface area contributed by atoms with Crippen molar-refractivity contribution in [3.05, 3.63) is 23.8 Å². The summed E-state index contributed by atoms with van der Waals surface area (Å²) >= 11 is 0. The molecule has 0 saturated carbocycles. The first-order valence-electron chi connectivity index (χ1n) is 10.0. The fraction of sp³-hybridized carbons (Fsp3) is 0.619. The van der Waals surface area contributed by atoms with Crippen LogP contribution in [0.3, 0.4) is 0 Å². The van der Waals surface area contributed by atoms with Crippen LogP contribution in [0.25, 0.3) is 0 Å². The predicted octanol–water partition coefficient (Wildman–Crippen LogP) is 2.99. The Labute approximate surface area is 167 Å². The van der Waals surface area contributed by atoms with Crippen LogP contribution in [0.4, 0.5) is 10.5 Å². The maximum Gasteiger partial charge on any atom is 0.410 e. The van der Waals surface area contributed by atoms with Crippen LogP contribution in [0.2, 0.25) is 0 Å². The summed E-state index contributed by atoms with van der Waals surface area (Å²) in [7, 11) is 0. The predicted molar refractivity (Wildman–Crippen MR) is 108 cm³/mol. The number of benzene rings is 1. The minimum Gasteiger partial charge on any atom is -0.491 e. The zero-order chi connectivity index (χ0) is 20.5. The average Bonchev–Trinajstić information content (AvgIpc) is 2.78. The van der Waals surface area contributed by atoms with Crippen molar-refractivity contribution in [2.24, 2.45) is 0 Å². The molecule has 1 saturated heterocycles. The number of fused-ring (bicyclic) bond motifs is 2. The van der Waals surface area contributed by atoms with E-state index in [0.717, 1.165) is 18.8 Å². The van der Waals surface area contributed by atoms with Crippen molar-refractivity contribution in [3.63, 3.8) is 0 Å². The van der Waals surface area contributed by atoms with Crippen LogP contribution in [0.1, 0.15) is 45.0 Å². The van der Waals surface area contributed by atoms with Gasteiger partial charge in [-0.1, -0.05) is 0 Å². The van der Waals surface area contributed by atoms with Gasteiger partial charge in [0, 0.05) is 38.4 Å². The Balaban J connectivity index is 1.78. The molecule has 0 N–H and O–H groups in total. The molecule has 154 valence electrons. The molecule has 2 heterocycles. The summed E-state index contributed by atoms with van der Waals surface area (Å²) in [5, 5.41) is 0. The van der Waals surface area contributed by atoms with Crippen molar-refractivity contribution in [3.8, 4) is 5.75 Å². The Morgan fingerprint density at radius 3 is 2.61 bits per heavy atom. The quantitative estimate of drug-likeness (QED) is 0.795. The second kappa shape index (κ2) is 7.89. The number of hydrogen-bond acceptors (Lipinski definition) is 5. The molecule has 0 aliphatic carbocycles. The molecule has 1 aromatic carbocycles. The van der Waals surface area contributed by atoms with Gasteiger partial charge in [0.05, 0.1) is 11.6 Å². The Kier molecular flexibility index (Phi) is 5.72. The summed E-state index contributed by atoms with van der Waals surface area (Å²) in [6.45, 7) is 13.2. The molecule has 1 unspecified atom stereocenters. The topological polar surface area (TPSA) is 62.3 Å². The molecular weight excluding hydrogens is 358 g/mol. The van der Waals surface area contributed by atoms with Gasteiger partial charge in [-0.15, -0.1) is 0 Å². The van der Waals surface area contributed by atoms with Gasteiger partial charge in [-0.05, 0) is 52.8 Å². The number of piperazine rings is 1. The number of rotatable bonds is 3. The second-order valence-electron chi connectivity index (χ2n) is 8.24. The zero-order valence-corrected chi connectivity index (χ0v) is 17.5. The third-order valence-electron chi connectivity index (χ3n) is 5.15. The van der Waals surface area contributed by atoms with Crippen molar-refractivity contribution >= 4 is 17.7 Å². The van der Waals surface area contributed by atoms with E-state index in [-0.39, 0.29) is 18.0 Å². The molecule has 7 heteroatoms. The summed E-state index contributed by atoms with van der Waals surface area (Å²) in [4.78, 5) is 31.3. The highest BCUT2D eigenvalue weighted by Crippen LogP contribution is 2.31. The van der Waals surface area contributed by atoms with E-state index in [0.29, 0.717) is 37.6 Å². The molecule has 2 aliphatic rings. The molecule has 2 aliphatic heterocycles. The van der Waals surface area contributed by atoms with Gasteiger partial charge in [-0.2, -0.15) is 0 Å². The molecule has 7 nitrogen and oxygen atoms in total. The molecule has 28 heavy (non-hydrogen) atoms. The minimum absolute atomic E-state index is 0.0321. The van der Waals surface area contributed by atoms with Gasteiger partial charge in [-0.25, -0.2) is 4.79 Å². The molecule has 0 spiro atoms. The van der Waals surface area contributed by atoms with E-state index in [4.69, 9.17) is 9.47 Å². The van der Waals surface area contributed by atoms with E-state index in [1.165, 1.54) is 0 Å². The molecule has 3 rings (SSSR count). The van der Waals surface area contributed by atoms with Gasteiger partial charge in [0.1, 0.15) is 18.0 Å². The van der Waals surface area contributed by atoms with E-state index in [9.17, 15) is 9.59 Å². The maximum atomic E-state index is 13.2. The van der Waals surface area contributed by atoms with Crippen LogP contribution in [0, 0.1) is 0 Å². The molecule has 1 aromatic rings. The smallest absolute Gasteiger partial charge is 0.410 e. The van der Waals surface area contributed by atoms with E-state index < -0.39 is 5.60 Å². The summed E-state index contributed by atoms with van der Waals surface area (Å²) in [6, 6.07) is 5.62. The zero-order valence-electron chi connectivity index (χ0n) is 17.5. The largest absolute Gasteiger partial charge is 0.491 e. The van der Waals surface area contributed by atoms with Gasteiger partial charge < -0.3 is 24.2 Å². The van der Waals surface area contributed by atoms with Crippen LogP contribution < -0.4 is 9.64 Å². The Hall–Kier alpha value is -2.44. The normalized spacial score (nSPS) is 19.3. The Bertz CT molecular complexity index is 740. The number of ether oxygens (including phenoxy) is 2. The van der Waals surface area contributed by atoms with Gasteiger partial charge in [0.15, 0.2) is 0 Å². The summed E-state index contributed by atoms with van der Waals surface area (Å²) in [5.41, 5.74) is 1.07. The summed E-state index contributed by atoms with van der Waals surface area (Å²) < 4.78 is 11.4. The third kappa shape index (κ3) is 4.18. The molecule has 0 bridgehead atoms. The van der Waals surface area contributed by atoms with E-state index in [2.05, 4.69) is 18.7 Å². The lowest BCUT2D eigenvalue weighted by molar-refractivity contribution is 0.000952. The Morgan fingerprint density at radius 2 is 1.96 bits per heavy atom. The second-order valence-corrected chi connectivity index (χ2v) is 8.24. The highest BCUT2D eigenvalue weighted by Gasteiger charge is 2.38. The van der Waals surface area contributed by atoms with Crippen LogP contribution in [-0.4, -0.2) is 72.8 Å². The molecular formula is C21H31N3O4. The van der Waals surface area contributed by atoms with E-state index in [1.807, 2.05) is 43.9 Å². The number of hydrogen-bond donors (Lipinski definition) is 0. The maximum absolute atomic E-state index is 13.2. The summed E-state index contributed by atoms with van der Waals surface area (Å²) in [6.07, 6.45) is -0.342. The molecule has 0 aromatic heterocycles. The highest BCUT2D eigenvalue weighted by atomic mass is 16.6. The van der Waals surface area contributed by atoms with Crippen LogP contribution >= 0.6 is 0 Å². The SMILES string of the molecule is CCN(CC)c1ccc2c(c1)C(=O)N1CCN(C(=O)OC(C)(C)C)CC1CO2. The van der Waals surface area contributed by atoms with Crippen LogP contribution in [0.15, 0.2) is 18.2 Å². The van der Waals surface area contributed by atoms with Crippen molar-refractivity contribution in [2.45, 2.75) is 46.3 Å². The van der Waals surface area contributed by atoms with Crippen molar-refractivity contribution in [1.29, 1.82) is 0 Å². The molecule has 1 fully saturated rings. The average molecular weight is 389 g/mol. The van der Waals surface area contributed by atoms with Crippen molar-refractivity contribution < 1.29 is 19.1 Å². The van der Waals surface area contributed by atoms with Crippen LogP contribution in [-0.2, 0) is 4.74 Å². The monoisotopic (exact) mass is 389 g/mol. The lowest BCUT2D eigenvalue weighted by Gasteiger charge is -2.40. The van der Waals surface area contributed by atoms with Crippen LogP contribution in [0.5, 0.6) is 5.75 Å². The minimum atomic E-state index is -0.541. The number of amides is 2. The number of nitrogens with zero attached hydrogens (tertiary/aromatic N) is 3. The Morgan fingerprint density at radius 1 is 1.25 bits per heavy atom. The molecule has 2 amide bonds. The molecule has 1 atom stereocenters. The van der Waals surface area contributed by atoms with E-state index in [1.54, 1.807) is 4.90 Å². The number of carbonyl (C=O) groups is 2. The lowest BCUT2D eigenvalue weighted by atomic mass is 10.1. The van der Waals surface area contributed by atoms with Crippen molar-refractivity contribution in [2.75, 3.05) is 44.2 Å². The fourth-order valence-corrected chi connectivity index (χ4v) is 3.69. The van der Waals surface area contributed by atoms with Gasteiger partial charge >= 0.3 is 6.09 Å². The first-order valence-corrected chi connectivity index (χ1v) is 10.0. The number of anilines is 1. The van der Waals surface area contributed by atoms with Crippen molar-refractivity contribution in [1.82, 2.24) is 9.80 Å². The lowest BCUT2D eigenvalue weighted by Crippen LogP contribution is -2.58.